The van der Waals surface area contributed by atoms with E-state index in [0.29, 0.717) is 23.9 Å². The number of piperidine rings is 1. The first-order valence-electron chi connectivity index (χ1n) is 10.1. The number of pyridine rings is 2. The minimum Gasteiger partial charge on any atom is -0.493 e. The molecule has 0 aromatic carbocycles. The molecule has 2 atom stereocenters. The molecule has 4 heterocycles. The number of rotatable bonds is 5. The topological polar surface area (TPSA) is 51.1 Å². The Balaban J connectivity index is 1.44. The normalized spacial score (nSPS) is 18.9. The average Bonchev–Trinajstić information content (AvgIpc) is 3.03. The summed E-state index contributed by atoms with van der Waals surface area (Å²) in [5.41, 5.74) is 3.07. The van der Waals surface area contributed by atoms with Gasteiger partial charge in [-0.15, -0.1) is 11.3 Å². The summed E-state index contributed by atoms with van der Waals surface area (Å²) in [4.78, 5) is 15.7. The van der Waals surface area contributed by atoms with Gasteiger partial charge in [0.05, 0.1) is 28.1 Å². The zero-order valence-electron chi connectivity index (χ0n) is 17.4. The van der Waals surface area contributed by atoms with Crippen LogP contribution in [-0.2, 0) is 0 Å². The van der Waals surface area contributed by atoms with Crippen molar-refractivity contribution in [2.24, 2.45) is 5.92 Å². The summed E-state index contributed by atoms with van der Waals surface area (Å²) in [6, 6.07) is 5.44. The van der Waals surface area contributed by atoms with Crippen LogP contribution in [0.15, 0.2) is 18.2 Å². The Labute approximate surface area is 175 Å². The van der Waals surface area contributed by atoms with Gasteiger partial charge in [0.2, 0.25) is 0 Å². The van der Waals surface area contributed by atoms with Gasteiger partial charge in [-0.05, 0) is 53.1 Å². The van der Waals surface area contributed by atoms with Crippen molar-refractivity contribution in [3.63, 3.8) is 0 Å². The molecule has 1 unspecified atom stereocenters. The lowest BCUT2D eigenvalue weighted by molar-refractivity contribution is 0.0978. The molecular formula is C22H27FN4OS. The molecule has 0 aliphatic carbocycles. The van der Waals surface area contributed by atoms with Crippen molar-refractivity contribution in [1.29, 1.82) is 0 Å². The number of aryl methyl sites for hydroxylation is 3. The van der Waals surface area contributed by atoms with E-state index < -0.39 is 0 Å². The van der Waals surface area contributed by atoms with Crippen LogP contribution in [0, 0.1) is 32.5 Å². The maximum absolute atomic E-state index is 14.7. The molecule has 0 bridgehead atoms. The summed E-state index contributed by atoms with van der Waals surface area (Å²) in [6.07, 6.45) is 2.19. The van der Waals surface area contributed by atoms with Gasteiger partial charge in [0.15, 0.2) is 5.65 Å². The van der Waals surface area contributed by atoms with Crippen LogP contribution >= 0.6 is 11.3 Å². The van der Waals surface area contributed by atoms with E-state index >= 15 is 0 Å². The molecule has 1 aliphatic heterocycles. The minimum absolute atomic E-state index is 0.0883. The molecule has 1 aliphatic rings. The third-order valence-corrected chi connectivity index (χ3v) is 6.41. The molecule has 7 heteroatoms. The predicted molar refractivity (Wildman–Crippen MR) is 114 cm³/mol. The number of thiazole rings is 1. The van der Waals surface area contributed by atoms with Gasteiger partial charge >= 0.3 is 0 Å². The molecule has 0 amide bonds. The van der Waals surface area contributed by atoms with Crippen LogP contribution in [0.25, 0.3) is 10.3 Å². The van der Waals surface area contributed by atoms with Crippen molar-refractivity contribution in [2.45, 2.75) is 46.6 Å². The molecule has 0 N–H and O–H groups in total. The van der Waals surface area contributed by atoms with E-state index in [4.69, 9.17) is 4.74 Å². The first-order valence-corrected chi connectivity index (χ1v) is 11.0. The fraction of sp³-hybridized carbons (Fsp3) is 0.500. The first-order chi connectivity index (χ1) is 13.9. The summed E-state index contributed by atoms with van der Waals surface area (Å²) in [6.45, 7) is 10.4. The molecule has 1 saturated heterocycles. The minimum atomic E-state index is -0.241. The van der Waals surface area contributed by atoms with Crippen LogP contribution in [0.3, 0.4) is 0 Å². The molecule has 3 aromatic rings. The first kappa shape index (κ1) is 20.2. The largest absolute Gasteiger partial charge is 0.493 e. The van der Waals surface area contributed by atoms with E-state index in [1.54, 1.807) is 6.07 Å². The standard InChI is InChI=1S/C22H27FN4OS/c1-13-8-18(9-14(2)24-13)28-12-17-6-5-7-27(11-17)15(3)21-19(23)10-20-22(26-21)25-16(4)29-20/h8-10,15,17H,5-7,11-12H2,1-4H3/t15?,17-/m0/s1. The SMILES string of the molecule is Cc1cc(OC[C@H]2CCCN(C(C)c3nc4nc(C)sc4cc3F)C2)cc(C)n1. The zero-order chi connectivity index (χ0) is 20.5. The fourth-order valence-corrected chi connectivity index (χ4v) is 4.90. The molecule has 29 heavy (non-hydrogen) atoms. The van der Waals surface area contributed by atoms with E-state index in [1.807, 2.05) is 39.8 Å². The molecule has 1 fully saturated rings. The number of likely N-dealkylation sites (tertiary alicyclic amines) is 1. The Morgan fingerprint density at radius 2 is 1.93 bits per heavy atom. The van der Waals surface area contributed by atoms with Crippen LogP contribution in [0.1, 0.15) is 47.9 Å². The van der Waals surface area contributed by atoms with Gasteiger partial charge in [-0.3, -0.25) is 9.88 Å². The monoisotopic (exact) mass is 414 g/mol. The second kappa shape index (κ2) is 8.32. The number of hydrogen-bond acceptors (Lipinski definition) is 6. The highest BCUT2D eigenvalue weighted by atomic mass is 32.1. The van der Waals surface area contributed by atoms with E-state index in [1.165, 1.54) is 11.3 Å². The Morgan fingerprint density at radius 1 is 1.17 bits per heavy atom. The maximum Gasteiger partial charge on any atom is 0.171 e. The number of ether oxygens (including phenoxy) is 1. The smallest absolute Gasteiger partial charge is 0.171 e. The van der Waals surface area contributed by atoms with E-state index in [2.05, 4.69) is 19.9 Å². The molecule has 0 radical (unpaired) electrons. The summed E-state index contributed by atoms with van der Waals surface area (Å²) in [5.74, 6) is 1.04. The molecule has 0 saturated carbocycles. The lowest BCUT2D eigenvalue weighted by atomic mass is 9.97. The van der Waals surface area contributed by atoms with Crippen molar-refractivity contribution < 1.29 is 9.13 Å². The van der Waals surface area contributed by atoms with Gasteiger partial charge in [0.1, 0.15) is 11.6 Å². The second-order valence-electron chi connectivity index (χ2n) is 7.99. The zero-order valence-corrected chi connectivity index (χ0v) is 18.2. The molecule has 3 aromatic heterocycles. The van der Waals surface area contributed by atoms with E-state index in [9.17, 15) is 4.39 Å². The van der Waals surface area contributed by atoms with Crippen molar-refractivity contribution in [3.05, 3.63) is 46.1 Å². The lowest BCUT2D eigenvalue weighted by Crippen LogP contribution is -2.39. The summed E-state index contributed by atoms with van der Waals surface area (Å²) in [5, 5.41) is 0.911. The molecule has 0 spiro atoms. The number of hydrogen-bond donors (Lipinski definition) is 0. The third-order valence-electron chi connectivity index (χ3n) is 5.50. The summed E-state index contributed by atoms with van der Waals surface area (Å²) in [7, 11) is 0. The predicted octanol–water partition coefficient (Wildman–Crippen LogP) is 5.00. The average molecular weight is 415 g/mol. The Kier molecular flexibility index (Phi) is 5.79. The van der Waals surface area contributed by atoms with Crippen LogP contribution in [0.5, 0.6) is 5.75 Å². The number of fused-ring (bicyclic) bond motifs is 1. The van der Waals surface area contributed by atoms with Crippen LogP contribution in [0.2, 0.25) is 0 Å². The molecular weight excluding hydrogens is 387 g/mol. The third kappa shape index (κ3) is 4.56. The molecule has 4 rings (SSSR count). The molecule has 154 valence electrons. The quantitative estimate of drug-likeness (QED) is 0.588. The number of halogens is 1. The Hall–Kier alpha value is -2.12. The van der Waals surface area contributed by atoms with Gasteiger partial charge < -0.3 is 4.74 Å². The molecule has 5 nitrogen and oxygen atoms in total. The Morgan fingerprint density at radius 3 is 2.69 bits per heavy atom. The second-order valence-corrected chi connectivity index (χ2v) is 9.22. The van der Waals surface area contributed by atoms with Crippen molar-refractivity contribution in [1.82, 2.24) is 19.9 Å². The van der Waals surface area contributed by atoms with Crippen LogP contribution in [-0.4, -0.2) is 39.5 Å². The van der Waals surface area contributed by atoms with E-state index in [-0.39, 0.29) is 11.9 Å². The fourth-order valence-electron chi connectivity index (χ4n) is 4.11. The van der Waals surface area contributed by atoms with Gasteiger partial charge in [-0.1, -0.05) is 0 Å². The van der Waals surface area contributed by atoms with Crippen molar-refractivity contribution >= 4 is 21.7 Å². The van der Waals surface area contributed by atoms with Gasteiger partial charge in [-0.2, -0.15) is 0 Å². The van der Waals surface area contributed by atoms with Crippen LogP contribution < -0.4 is 4.74 Å². The van der Waals surface area contributed by atoms with E-state index in [0.717, 1.165) is 52.8 Å². The van der Waals surface area contributed by atoms with Gasteiger partial charge in [0, 0.05) is 36.0 Å². The van der Waals surface area contributed by atoms with Crippen LogP contribution in [0.4, 0.5) is 4.39 Å². The van der Waals surface area contributed by atoms with Gasteiger partial charge in [0.25, 0.3) is 0 Å². The number of nitrogens with zero attached hydrogens (tertiary/aromatic N) is 4. The highest BCUT2D eigenvalue weighted by Crippen LogP contribution is 2.30. The van der Waals surface area contributed by atoms with Crippen molar-refractivity contribution in [2.75, 3.05) is 19.7 Å². The number of aromatic nitrogens is 3. The van der Waals surface area contributed by atoms with Crippen molar-refractivity contribution in [3.8, 4) is 5.75 Å². The highest BCUT2D eigenvalue weighted by Gasteiger charge is 2.27. The highest BCUT2D eigenvalue weighted by molar-refractivity contribution is 7.18. The summed E-state index contributed by atoms with van der Waals surface area (Å²) < 4.78 is 21.6. The summed E-state index contributed by atoms with van der Waals surface area (Å²) >= 11 is 1.48. The lowest BCUT2D eigenvalue weighted by Gasteiger charge is -2.36. The Bertz CT molecular complexity index is 1000. The maximum atomic E-state index is 14.7. The van der Waals surface area contributed by atoms with Gasteiger partial charge in [-0.25, -0.2) is 14.4 Å².